The van der Waals surface area contributed by atoms with Crippen molar-refractivity contribution in [1.29, 1.82) is 0 Å². The first kappa shape index (κ1) is 10.9. The maximum Gasteiger partial charge on any atom is 0.267 e. The second-order valence-electron chi connectivity index (χ2n) is 3.82. The highest BCUT2D eigenvalue weighted by atomic mass is 16.5. The summed E-state index contributed by atoms with van der Waals surface area (Å²) in [4.78, 5) is 14.9. The number of ether oxygens (including phenoxy) is 1. The van der Waals surface area contributed by atoms with Gasteiger partial charge in [-0.3, -0.25) is 9.78 Å². The van der Waals surface area contributed by atoms with E-state index in [4.69, 9.17) is 10.5 Å². The summed E-state index contributed by atoms with van der Waals surface area (Å²) in [5.74, 6) is -0.504. The SMILES string of the molecule is NC(=O)c1cc(NC2CCOCC2)ccn1. The number of pyridine rings is 1. The third-order valence-corrected chi connectivity index (χ3v) is 2.60. The third kappa shape index (κ3) is 2.70. The molecule has 0 aliphatic carbocycles. The van der Waals surface area contributed by atoms with Crippen molar-refractivity contribution in [1.82, 2.24) is 4.98 Å². The number of amides is 1. The van der Waals surface area contributed by atoms with E-state index in [2.05, 4.69) is 10.3 Å². The Kier molecular flexibility index (Phi) is 3.36. The fraction of sp³-hybridized carbons (Fsp3) is 0.455. The Labute approximate surface area is 94.0 Å². The molecule has 0 atom stereocenters. The van der Waals surface area contributed by atoms with Crippen molar-refractivity contribution >= 4 is 11.6 Å². The summed E-state index contributed by atoms with van der Waals surface area (Å²) in [5.41, 5.74) is 6.34. The number of aromatic nitrogens is 1. The molecule has 0 aromatic carbocycles. The lowest BCUT2D eigenvalue weighted by Crippen LogP contribution is -2.28. The van der Waals surface area contributed by atoms with Gasteiger partial charge in [0, 0.05) is 31.1 Å². The zero-order valence-corrected chi connectivity index (χ0v) is 8.98. The van der Waals surface area contributed by atoms with Crippen LogP contribution in [-0.4, -0.2) is 30.1 Å². The normalized spacial score (nSPS) is 17.0. The first-order valence-corrected chi connectivity index (χ1v) is 5.36. The third-order valence-electron chi connectivity index (χ3n) is 2.60. The monoisotopic (exact) mass is 221 g/mol. The molecular formula is C11H15N3O2. The van der Waals surface area contributed by atoms with Gasteiger partial charge in [0.1, 0.15) is 5.69 Å². The van der Waals surface area contributed by atoms with Crippen LogP contribution >= 0.6 is 0 Å². The Bertz CT molecular complexity index is 375. The highest BCUT2D eigenvalue weighted by Crippen LogP contribution is 2.15. The molecule has 5 heteroatoms. The average Bonchev–Trinajstić information content (AvgIpc) is 2.30. The second-order valence-corrected chi connectivity index (χ2v) is 3.82. The van der Waals surface area contributed by atoms with Crippen LogP contribution < -0.4 is 11.1 Å². The molecule has 0 unspecified atom stereocenters. The molecule has 1 aromatic rings. The molecule has 1 saturated heterocycles. The van der Waals surface area contributed by atoms with Gasteiger partial charge in [0.05, 0.1) is 0 Å². The summed E-state index contributed by atoms with van der Waals surface area (Å²) in [6.07, 6.45) is 3.55. The molecule has 5 nitrogen and oxygen atoms in total. The number of anilines is 1. The average molecular weight is 221 g/mol. The van der Waals surface area contributed by atoms with E-state index in [9.17, 15) is 4.79 Å². The molecular weight excluding hydrogens is 206 g/mol. The Hall–Kier alpha value is -1.62. The van der Waals surface area contributed by atoms with E-state index in [1.165, 1.54) is 0 Å². The molecule has 86 valence electrons. The van der Waals surface area contributed by atoms with E-state index < -0.39 is 5.91 Å². The van der Waals surface area contributed by atoms with Crippen LogP contribution in [0.3, 0.4) is 0 Å². The van der Waals surface area contributed by atoms with Gasteiger partial charge in [-0.05, 0) is 25.0 Å². The fourth-order valence-corrected chi connectivity index (χ4v) is 1.73. The van der Waals surface area contributed by atoms with Crippen molar-refractivity contribution in [2.45, 2.75) is 18.9 Å². The van der Waals surface area contributed by atoms with Crippen LogP contribution in [0.2, 0.25) is 0 Å². The van der Waals surface area contributed by atoms with Gasteiger partial charge in [0.25, 0.3) is 5.91 Å². The summed E-state index contributed by atoms with van der Waals surface area (Å²) >= 11 is 0. The van der Waals surface area contributed by atoms with Crippen LogP contribution in [0.15, 0.2) is 18.3 Å². The summed E-state index contributed by atoms with van der Waals surface area (Å²) < 4.78 is 5.27. The van der Waals surface area contributed by atoms with E-state index in [0.29, 0.717) is 6.04 Å². The zero-order valence-electron chi connectivity index (χ0n) is 8.98. The van der Waals surface area contributed by atoms with Gasteiger partial charge in [0.2, 0.25) is 0 Å². The Morgan fingerprint density at radius 1 is 1.50 bits per heavy atom. The van der Waals surface area contributed by atoms with Crippen molar-refractivity contribution in [3.05, 3.63) is 24.0 Å². The Morgan fingerprint density at radius 3 is 2.94 bits per heavy atom. The van der Waals surface area contributed by atoms with E-state index in [0.717, 1.165) is 31.7 Å². The quantitative estimate of drug-likeness (QED) is 0.790. The van der Waals surface area contributed by atoms with Gasteiger partial charge >= 0.3 is 0 Å². The number of nitrogens with zero attached hydrogens (tertiary/aromatic N) is 1. The Balaban J connectivity index is 2.02. The van der Waals surface area contributed by atoms with E-state index in [1.807, 2.05) is 6.07 Å². The number of carbonyl (C=O) groups excluding carboxylic acids is 1. The number of rotatable bonds is 3. The summed E-state index contributed by atoms with van der Waals surface area (Å²) in [6, 6.07) is 3.91. The molecule has 3 N–H and O–H groups in total. The fourth-order valence-electron chi connectivity index (χ4n) is 1.73. The molecule has 1 aromatic heterocycles. The van der Waals surface area contributed by atoms with E-state index >= 15 is 0 Å². The molecule has 0 spiro atoms. The number of nitrogens with two attached hydrogens (primary N) is 1. The van der Waals surface area contributed by atoms with E-state index in [-0.39, 0.29) is 5.69 Å². The highest BCUT2D eigenvalue weighted by Gasteiger charge is 2.13. The number of carbonyl (C=O) groups is 1. The summed E-state index contributed by atoms with van der Waals surface area (Å²) in [6.45, 7) is 1.57. The molecule has 0 radical (unpaired) electrons. The molecule has 16 heavy (non-hydrogen) atoms. The molecule has 0 bridgehead atoms. The predicted molar refractivity (Wildman–Crippen MR) is 60.2 cm³/mol. The van der Waals surface area contributed by atoms with Crippen LogP contribution in [-0.2, 0) is 4.74 Å². The van der Waals surface area contributed by atoms with Gasteiger partial charge in [0.15, 0.2) is 0 Å². The minimum atomic E-state index is -0.504. The van der Waals surface area contributed by atoms with Crippen LogP contribution in [0.1, 0.15) is 23.3 Å². The molecule has 1 fully saturated rings. The van der Waals surface area contributed by atoms with Gasteiger partial charge < -0.3 is 15.8 Å². The molecule has 2 heterocycles. The topological polar surface area (TPSA) is 77.2 Å². The minimum absolute atomic E-state index is 0.289. The van der Waals surface area contributed by atoms with Crippen LogP contribution in [0.4, 0.5) is 5.69 Å². The molecule has 1 amide bonds. The van der Waals surface area contributed by atoms with Crippen molar-refractivity contribution < 1.29 is 9.53 Å². The first-order valence-electron chi connectivity index (χ1n) is 5.36. The van der Waals surface area contributed by atoms with Crippen molar-refractivity contribution in [2.75, 3.05) is 18.5 Å². The van der Waals surface area contributed by atoms with Crippen molar-refractivity contribution in [3.63, 3.8) is 0 Å². The first-order chi connectivity index (χ1) is 7.75. The maximum absolute atomic E-state index is 11.0. The highest BCUT2D eigenvalue weighted by molar-refractivity contribution is 5.91. The number of nitrogens with one attached hydrogen (secondary N) is 1. The van der Waals surface area contributed by atoms with Crippen molar-refractivity contribution in [2.24, 2.45) is 5.73 Å². The lowest BCUT2D eigenvalue weighted by molar-refractivity contribution is 0.0904. The smallest absolute Gasteiger partial charge is 0.267 e. The summed E-state index contributed by atoms with van der Waals surface area (Å²) in [7, 11) is 0. The Morgan fingerprint density at radius 2 is 2.25 bits per heavy atom. The molecule has 1 aliphatic rings. The molecule has 1 aliphatic heterocycles. The van der Waals surface area contributed by atoms with Gasteiger partial charge in [-0.2, -0.15) is 0 Å². The van der Waals surface area contributed by atoms with Crippen LogP contribution in [0, 0.1) is 0 Å². The molecule has 0 saturated carbocycles. The summed E-state index contributed by atoms with van der Waals surface area (Å²) in [5, 5.41) is 3.35. The zero-order chi connectivity index (χ0) is 11.4. The second kappa shape index (κ2) is 4.94. The largest absolute Gasteiger partial charge is 0.382 e. The predicted octanol–water partition coefficient (Wildman–Crippen LogP) is 0.771. The van der Waals surface area contributed by atoms with Gasteiger partial charge in [-0.15, -0.1) is 0 Å². The van der Waals surface area contributed by atoms with Crippen LogP contribution in [0.25, 0.3) is 0 Å². The standard InChI is InChI=1S/C11H15N3O2/c12-11(15)10-7-9(1-4-13-10)14-8-2-5-16-6-3-8/h1,4,7-8H,2-3,5-6H2,(H2,12,15)(H,13,14). The maximum atomic E-state index is 11.0. The minimum Gasteiger partial charge on any atom is -0.382 e. The van der Waals surface area contributed by atoms with Crippen LogP contribution in [0.5, 0.6) is 0 Å². The lowest BCUT2D eigenvalue weighted by Gasteiger charge is -2.24. The van der Waals surface area contributed by atoms with Crippen molar-refractivity contribution in [3.8, 4) is 0 Å². The number of primary amides is 1. The van der Waals surface area contributed by atoms with Gasteiger partial charge in [-0.25, -0.2) is 0 Å². The van der Waals surface area contributed by atoms with E-state index in [1.54, 1.807) is 12.3 Å². The molecule has 2 rings (SSSR count). The number of hydrogen-bond donors (Lipinski definition) is 2. The lowest BCUT2D eigenvalue weighted by atomic mass is 10.1. The van der Waals surface area contributed by atoms with Gasteiger partial charge in [-0.1, -0.05) is 0 Å². The number of hydrogen-bond acceptors (Lipinski definition) is 4.